The van der Waals surface area contributed by atoms with E-state index in [1.165, 1.54) is 9.80 Å². The molecule has 0 saturated carbocycles. The number of benzene rings is 2. The number of anilines is 2. The molecule has 1 aliphatic heterocycles. The van der Waals surface area contributed by atoms with Gasteiger partial charge in [-0.05, 0) is 62.4 Å². The second-order valence-corrected chi connectivity index (χ2v) is 8.58. The van der Waals surface area contributed by atoms with E-state index in [1.807, 2.05) is 0 Å². The molecule has 0 bridgehead atoms. The topological polar surface area (TPSA) is 116 Å². The summed E-state index contributed by atoms with van der Waals surface area (Å²) in [4.78, 5) is 39.6. The Bertz CT molecular complexity index is 1010. The molecule has 0 aliphatic carbocycles. The Balaban J connectivity index is 1.96. The predicted octanol–water partition coefficient (Wildman–Crippen LogP) is 3.40. The minimum atomic E-state index is -1.32. The second kappa shape index (κ2) is 9.23. The van der Waals surface area contributed by atoms with Gasteiger partial charge in [0.25, 0.3) is 0 Å². The minimum absolute atomic E-state index is 0.165. The number of carboxylic acids is 1. The summed E-state index contributed by atoms with van der Waals surface area (Å²) in [6, 6.07) is 11.0. The van der Waals surface area contributed by atoms with Crippen molar-refractivity contribution in [3.63, 3.8) is 0 Å². The summed E-state index contributed by atoms with van der Waals surface area (Å²) < 4.78 is 0. The molecule has 9 nitrogen and oxygen atoms in total. The second-order valence-electron chi connectivity index (χ2n) is 7.71. The number of amides is 4. The van der Waals surface area contributed by atoms with E-state index in [-0.39, 0.29) is 6.54 Å². The van der Waals surface area contributed by atoms with Crippen LogP contribution < -0.4 is 15.3 Å². The fourth-order valence-corrected chi connectivity index (χ4v) is 3.86. The zero-order valence-corrected chi connectivity index (χ0v) is 18.8. The zero-order chi connectivity index (χ0) is 23.6. The molecule has 1 saturated heterocycles. The molecule has 2 aromatic rings. The smallest absolute Gasteiger partial charge is 0.347 e. The third kappa shape index (κ3) is 4.74. The average Bonchev–Trinajstić information content (AvgIpc) is 2.93. The van der Waals surface area contributed by atoms with Crippen LogP contribution in [0.3, 0.4) is 0 Å². The summed E-state index contributed by atoms with van der Waals surface area (Å²) in [5.74, 6) is -1.32. The highest BCUT2D eigenvalue weighted by atomic mass is 35.5. The first kappa shape index (κ1) is 23.6. The number of hydrogen-bond donors (Lipinski definition) is 2. The van der Waals surface area contributed by atoms with Crippen molar-refractivity contribution in [3.8, 4) is 0 Å². The molecular formula is C21H21Cl2N4O5-. The van der Waals surface area contributed by atoms with Gasteiger partial charge in [-0.3, -0.25) is 10.1 Å². The number of hydrogen-bond acceptors (Lipinski definition) is 5. The standard InChI is InChI=1S/C21H22Cl2N4O5/c1-21(2)18(27(32)19(30)24-15-7-3-13(22)4-8-15)26(16-9-5-14(23)6-10-16)20(31)25(21)12-11-17(28)29/h3-10,18,32H,11-12H2,1-2H3,(H,24,30)(H,28,29)/p-1. The third-order valence-electron chi connectivity index (χ3n) is 5.19. The monoisotopic (exact) mass is 479 g/mol. The maximum absolute atomic E-state index is 13.3. The molecule has 0 aromatic heterocycles. The van der Waals surface area contributed by atoms with E-state index in [0.717, 1.165) is 0 Å². The van der Waals surface area contributed by atoms with E-state index in [0.29, 0.717) is 26.5 Å². The van der Waals surface area contributed by atoms with Gasteiger partial charge in [-0.15, -0.1) is 0 Å². The zero-order valence-electron chi connectivity index (χ0n) is 17.3. The van der Waals surface area contributed by atoms with Crippen LogP contribution in [0.1, 0.15) is 20.3 Å². The third-order valence-corrected chi connectivity index (χ3v) is 5.69. The van der Waals surface area contributed by atoms with Crippen LogP contribution in [0.5, 0.6) is 0 Å². The Hall–Kier alpha value is -3.01. The summed E-state index contributed by atoms with van der Waals surface area (Å²) in [6.07, 6.45) is -1.59. The van der Waals surface area contributed by atoms with Crippen molar-refractivity contribution in [1.82, 2.24) is 9.96 Å². The number of halogens is 2. The van der Waals surface area contributed by atoms with E-state index in [1.54, 1.807) is 62.4 Å². The quantitative estimate of drug-likeness (QED) is 0.486. The van der Waals surface area contributed by atoms with Crippen molar-refractivity contribution >= 4 is 52.6 Å². The summed E-state index contributed by atoms with van der Waals surface area (Å²) in [6.45, 7) is 3.08. The lowest BCUT2D eigenvalue weighted by Gasteiger charge is -2.38. The number of aliphatic carboxylic acids is 1. The van der Waals surface area contributed by atoms with Gasteiger partial charge in [0.2, 0.25) is 0 Å². The number of urea groups is 2. The van der Waals surface area contributed by atoms with E-state index >= 15 is 0 Å². The van der Waals surface area contributed by atoms with Gasteiger partial charge in [-0.1, -0.05) is 23.2 Å². The molecule has 1 unspecified atom stereocenters. The molecular weight excluding hydrogens is 459 g/mol. The molecule has 170 valence electrons. The summed E-state index contributed by atoms with van der Waals surface area (Å²) in [7, 11) is 0. The average molecular weight is 480 g/mol. The van der Waals surface area contributed by atoms with E-state index in [9.17, 15) is 24.7 Å². The first-order chi connectivity index (χ1) is 15.0. The van der Waals surface area contributed by atoms with Crippen molar-refractivity contribution in [2.75, 3.05) is 16.8 Å². The van der Waals surface area contributed by atoms with Crippen LogP contribution in [0.25, 0.3) is 0 Å². The Kier molecular flexibility index (Phi) is 6.82. The molecule has 0 radical (unpaired) electrons. The molecule has 1 heterocycles. The molecule has 2 N–H and O–H groups in total. The van der Waals surface area contributed by atoms with Crippen molar-refractivity contribution in [3.05, 3.63) is 58.6 Å². The summed E-state index contributed by atoms with van der Waals surface area (Å²) in [5, 5.41) is 25.8. The van der Waals surface area contributed by atoms with Gasteiger partial charge in [-0.2, -0.15) is 5.06 Å². The Morgan fingerprint density at radius 3 is 2.16 bits per heavy atom. The van der Waals surface area contributed by atoms with Crippen LogP contribution in [0.2, 0.25) is 10.0 Å². The van der Waals surface area contributed by atoms with Crippen LogP contribution in [-0.2, 0) is 4.79 Å². The lowest BCUT2D eigenvalue weighted by Crippen LogP contribution is -2.58. The van der Waals surface area contributed by atoms with Crippen LogP contribution >= 0.6 is 23.2 Å². The number of hydroxylamine groups is 2. The Labute approximate surface area is 194 Å². The number of nitrogens with one attached hydrogen (secondary N) is 1. The first-order valence-corrected chi connectivity index (χ1v) is 10.4. The number of carbonyl (C=O) groups excluding carboxylic acids is 3. The van der Waals surface area contributed by atoms with Gasteiger partial charge in [0.15, 0.2) is 6.17 Å². The minimum Gasteiger partial charge on any atom is -0.550 e. The molecule has 3 rings (SSSR count). The lowest BCUT2D eigenvalue weighted by atomic mass is 9.99. The number of carboxylic acid groups (broad SMARTS) is 1. The summed E-state index contributed by atoms with van der Waals surface area (Å²) in [5.41, 5.74) is -0.419. The normalized spacial score (nSPS) is 17.4. The fraction of sp³-hybridized carbons (Fsp3) is 0.286. The lowest BCUT2D eigenvalue weighted by molar-refractivity contribution is -0.305. The molecule has 32 heavy (non-hydrogen) atoms. The Morgan fingerprint density at radius 2 is 1.62 bits per heavy atom. The van der Waals surface area contributed by atoms with Crippen molar-refractivity contribution < 1.29 is 24.7 Å². The van der Waals surface area contributed by atoms with E-state index < -0.39 is 36.2 Å². The maximum Gasteiger partial charge on any atom is 0.347 e. The van der Waals surface area contributed by atoms with Crippen LogP contribution in [0, 0.1) is 0 Å². The number of carbonyl (C=O) groups is 3. The Morgan fingerprint density at radius 1 is 1.09 bits per heavy atom. The molecule has 2 aromatic carbocycles. The van der Waals surface area contributed by atoms with Gasteiger partial charge in [0.05, 0.1) is 5.54 Å². The molecule has 1 atom stereocenters. The SMILES string of the molecule is CC1(C)C(N(O)C(=O)Nc2ccc(Cl)cc2)N(c2ccc(Cl)cc2)C(=O)N1CCC(=O)[O-]. The highest BCUT2D eigenvalue weighted by Gasteiger charge is 2.55. The number of rotatable bonds is 6. The molecule has 1 fully saturated rings. The number of nitrogens with zero attached hydrogens (tertiary/aromatic N) is 3. The highest BCUT2D eigenvalue weighted by molar-refractivity contribution is 6.31. The van der Waals surface area contributed by atoms with E-state index in [2.05, 4.69) is 5.32 Å². The molecule has 11 heteroatoms. The van der Waals surface area contributed by atoms with E-state index in [4.69, 9.17) is 23.2 Å². The molecule has 1 aliphatic rings. The largest absolute Gasteiger partial charge is 0.550 e. The van der Waals surface area contributed by atoms with Crippen LogP contribution in [0.4, 0.5) is 21.0 Å². The first-order valence-electron chi connectivity index (χ1n) is 9.63. The summed E-state index contributed by atoms with van der Waals surface area (Å²) >= 11 is 11.8. The van der Waals surface area contributed by atoms with Crippen molar-refractivity contribution in [2.45, 2.75) is 32.0 Å². The van der Waals surface area contributed by atoms with Gasteiger partial charge >= 0.3 is 12.1 Å². The molecule has 4 amide bonds. The highest BCUT2D eigenvalue weighted by Crippen LogP contribution is 2.38. The van der Waals surface area contributed by atoms with Gasteiger partial charge in [0.1, 0.15) is 0 Å². The maximum atomic E-state index is 13.3. The fourth-order valence-electron chi connectivity index (χ4n) is 3.61. The van der Waals surface area contributed by atoms with Crippen molar-refractivity contribution in [1.29, 1.82) is 0 Å². The molecule has 0 spiro atoms. The predicted molar refractivity (Wildman–Crippen MR) is 118 cm³/mol. The van der Waals surface area contributed by atoms with Gasteiger partial charge in [-0.25, -0.2) is 9.59 Å². The van der Waals surface area contributed by atoms with Gasteiger partial charge < -0.3 is 20.1 Å². The van der Waals surface area contributed by atoms with Crippen LogP contribution in [0.15, 0.2) is 48.5 Å². The van der Waals surface area contributed by atoms with Gasteiger partial charge in [0, 0.05) is 40.4 Å². The van der Waals surface area contributed by atoms with Crippen LogP contribution in [-0.4, -0.2) is 51.5 Å². The van der Waals surface area contributed by atoms with Crippen molar-refractivity contribution in [2.24, 2.45) is 0 Å².